The molecule has 0 aliphatic rings. The van der Waals surface area contributed by atoms with Gasteiger partial charge in [0.05, 0.1) is 5.33 Å². The topological polar surface area (TPSA) is 72.2 Å². The van der Waals surface area contributed by atoms with Crippen molar-refractivity contribution in [1.29, 1.82) is 0 Å². The number of nitrogens with one attached hydrogen (secondary N) is 1. The molecule has 13 heavy (non-hydrogen) atoms. The zero-order valence-electron chi connectivity index (χ0n) is 7.89. The number of carbonyl (C=O) groups excluding carboxylic acids is 2. The van der Waals surface area contributed by atoms with Crippen LogP contribution in [0.2, 0.25) is 0 Å². The summed E-state index contributed by atoms with van der Waals surface area (Å²) < 4.78 is 0. The first-order valence-electron chi connectivity index (χ1n) is 4.04. The third kappa shape index (κ3) is 3.44. The van der Waals surface area contributed by atoms with Crippen LogP contribution in [0.3, 0.4) is 0 Å². The molecule has 0 spiro atoms. The minimum Gasteiger partial charge on any atom is -0.354 e. The van der Waals surface area contributed by atoms with E-state index in [1.165, 1.54) is 0 Å². The Hall–Kier alpha value is -0.420. The molecule has 0 aromatic rings. The van der Waals surface area contributed by atoms with Gasteiger partial charge in [0.1, 0.15) is 5.41 Å². The molecule has 0 bridgehead atoms. The van der Waals surface area contributed by atoms with Crippen molar-refractivity contribution in [3.05, 3.63) is 0 Å². The smallest absolute Gasteiger partial charge is 0.233 e. The number of Topliss-reactive ketones (excluding diaryl/α,β-unsaturated/α-hetero) is 1. The molecule has 0 aliphatic heterocycles. The summed E-state index contributed by atoms with van der Waals surface area (Å²) >= 11 is 3.03. The first-order valence-corrected chi connectivity index (χ1v) is 5.16. The van der Waals surface area contributed by atoms with Gasteiger partial charge < -0.3 is 11.1 Å². The second kappa shape index (κ2) is 5.34. The Morgan fingerprint density at radius 2 is 2.00 bits per heavy atom. The predicted molar refractivity (Wildman–Crippen MR) is 54.6 cm³/mol. The summed E-state index contributed by atoms with van der Waals surface area (Å²) in [4.78, 5) is 22.7. The minimum absolute atomic E-state index is 0.137. The maximum Gasteiger partial charge on any atom is 0.233 e. The van der Waals surface area contributed by atoms with E-state index >= 15 is 0 Å². The third-order valence-corrected chi connectivity index (χ3v) is 2.33. The Morgan fingerprint density at radius 3 is 2.38 bits per heavy atom. The Kier molecular flexibility index (Phi) is 5.17. The number of halogens is 1. The highest BCUT2D eigenvalue weighted by Gasteiger charge is 2.34. The zero-order valence-corrected chi connectivity index (χ0v) is 9.48. The van der Waals surface area contributed by atoms with E-state index in [-0.39, 0.29) is 17.0 Å². The van der Waals surface area contributed by atoms with Gasteiger partial charge in [0.2, 0.25) is 5.91 Å². The molecule has 0 atom stereocenters. The molecule has 1 amide bonds. The van der Waals surface area contributed by atoms with Crippen LogP contribution in [0.5, 0.6) is 0 Å². The van der Waals surface area contributed by atoms with Crippen molar-refractivity contribution in [2.24, 2.45) is 11.1 Å². The van der Waals surface area contributed by atoms with Crippen LogP contribution in [0, 0.1) is 5.41 Å². The fourth-order valence-corrected chi connectivity index (χ4v) is 1.40. The molecule has 3 N–H and O–H groups in total. The monoisotopic (exact) mass is 250 g/mol. The number of hydrogen-bond donors (Lipinski definition) is 2. The average Bonchev–Trinajstić information content (AvgIpc) is 2.12. The van der Waals surface area contributed by atoms with E-state index in [9.17, 15) is 9.59 Å². The van der Waals surface area contributed by atoms with Crippen LogP contribution in [0.15, 0.2) is 0 Å². The molecule has 0 fully saturated rings. The Bertz CT molecular complexity index is 204. The Labute approximate surface area is 86.4 Å². The van der Waals surface area contributed by atoms with Crippen LogP contribution in [-0.2, 0) is 9.59 Å². The highest BCUT2D eigenvalue weighted by molar-refractivity contribution is 9.09. The molecule has 5 heteroatoms. The lowest BCUT2D eigenvalue weighted by Gasteiger charge is -2.20. The van der Waals surface area contributed by atoms with Crippen LogP contribution in [0.25, 0.3) is 0 Å². The van der Waals surface area contributed by atoms with Gasteiger partial charge in [-0.3, -0.25) is 9.59 Å². The molecular formula is C8H15BrN2O2. The zero-order chi connectivity index (χ0) is 10.5. The second-order valence-electron chi connectivity index (χ2n) is 3.23. The number of carbonyl (C=O) groups is 2. The van der Waals surface area contributed by atoms with E-state index in [0.29, 0.717) is 13.1 Å². The van der Waals surface area contributed by atoms with Crippen LogP contribution in [-0.4, -0.2) is 30.1 Å². The number of amides is 1. The fourth-order valence-electron chi connectivity index (χ4n) is 0.700. The summed E-state index contributed by atoms with van der Waals surface area (Å²) in [5.74, 6) is -0.413. The Balaban J connectivity index is 4.27. The summed E-state index contributed by atoms with van der Waals surface area (Å²) in [5.41, 5.74) is 4.25. The molecule has 0 saturated carbocycles. The van der Waals surface area contributed by atoms with E-state index in [0.717, 1.165) is 0 Å². The van der Waals surface area contributed by atoms with Gasteiger partial charge in [0.25, 0.3) is 0 Å². The van der Waals surface area contributed by atoms with Gasteiger partial charge in [0, 0.05) is 13.1 Å². The quantitative estimate of drug-likeness (QED) is 0.535. The first kappa shape index (κ1) is 12.6. The number of rotatable bonds is 5. The van der Waals surface area contributed by atoms with Crippen LogP contribution in [0.1, 0.15) is 13.8 Å². The fraction of sp³-hybridized carbons (Fsp3) is 0.750. The first-order chi connectivity index (χ1) is 5.96. The van der Waals surface area contributed by atoms with E-state index in [4.69, 9.17) is 5.73 Å². The van der Waals surface area contributed by atoms with Gasteiger partial charge in [-0.1, -0.05) is 15.9 Å². The number of alkyl halides is 1. The van der Waals surface area contributed by atoms with Crippen LogP contribution < -0.4 is 11.1 Å². The van der Waals surface area contributed by atoms with Crippen molar-refractivity contribution in [2.75, 3.05) is 18.4 Å². The standard InChI is InChI=1S/C8H15BrN2O2/c1-8(2,6(12)5-9)7(13)11-4-3-10/h3-5,10H2,1-2H3,(H,11,13). The highest BCUT2D eigenvalue weighted by Crippen LogP contribution is 2.17. The SMILES string of the molecule is CC(C)(C(=O)CBr)C(=O)NCCN. The normalized spacial score (nSPS) is 11.1. The summed E-state index contributed by atoms with van der Waals surface area (Å²) in [7, 11) is 0. The van der Waals surface area contributed by atoms with Crippen LogP contribution >= 0.6 is 15.9 Å². The summed E-state index contributed by atoms with van der Waals surface area (Å²) in [6.07, 6.45) is 0. The molecule has 0 rings (SSSR count). The van der Waals surface area contributed by atoms with Crippen molar-refractivity contribution in [2.45, 2.75) is 13.8 Å². The minimum atomic E-state index is -0.974. The Morgan fingerprint density at radius 1 is 1.46 bits per heavy atom. The average molecular weight is 251 g/mol. The van der Waals surface area contributed by atoms with Crippen molar-refractivity contribution in [3.8, 4) is 0 Å². The molecular weight excluding hydrogens is 236 g/mol. The number of nitrogens with two attached hydrogens (primary N) is 1. The van der Waals surface area contributed by atoms with Crippen molar-refractivity contribution < 1.29 is 9.59 Å². The van der Waals surface area contributed by atoms with E-state index in [1.54, 1.807) is 13.8 Å². The summed E-state index contributed by atoms with van der Waals surface area (Å²) in [6, 6.07) is 0. The summed E-state index contributed by atoms with van der Waals surface area (Å²) in [5, 5.41) is 2.77. The van der Waals surface area contributed by atoms with Gasteiger partial charge in [-0.2, -0.15) is 0 Å². The molecule has 0 aromatic heterocycles. The van der Waals surface area contributed by atoms with E-state index in [1.807, 2.05) is 0 Å². The van der Waals surface area contributed by atoms with E-state index in [2.05, 4.69) is 21.2 Å². The molecule has 0 aliphatic carbocycles. The third-order valence-electron chi connectivity index (χ3n) is 1.82. The van der Waals surface area contributed by atoms with Gasteiger partial charge in [-0.05, 0) is 13.8 Å². The molecule has 0 aromatic carbocycles. The number of hydrogen-bond acceptors (Lipinski definition) is 3. The van der Waals surface area contributed by atoms with Gasteiger partial charge >= 0.3 is 0 Å². The maximum atomic E-state index is 11.4. The highest BCUT2D eigenvalue weighted by atomic mass is 79.9. The largest absolute Gasteiger partial charge is 0.354 e. The van der Waals surface area contributed by atoms with Crippen LogP contribution in [0.4, 0.5) is 0 Å². The molecule has 4 nitrogen and oxygen atoms in total. The van der Waals surface area contributed by atoms with Crippen molar-refractivity contribution >= 4 is 27.6 Å². The summed E-state index contributed by atoms with van der Waals surface area (Å²) in [6.45, 7) is 3.98. The van der Waals surface area contributed by atoms with Gasteiger partial charge in [-0.25, -0.2) is 0 Å². The molecule has 76 valence electrons. The second-order valence-corrected chi connectivity index (χ2v) is 3.79. The lowest BCUT2D eigenvalue weighted by Crippen LogP contribution is -2.44. The lowest BCUT2D eigenvalue weighted by molar-refractivity contribution is -0.138. The molecule has 0 heterocycles. The molecule has 0 saturated heterocycles. The van der Waals surface area contributed by atoms with Gasteiger partial charge in [0.15, 0.2) is 5.78 Å². The number of ketones is 1. The predicted octanol–water partition coefficient (Wildman–Crippen LogP) is 0.0515. The lowest BCUT2D eigenvalue weighted by atomic mass is 9.88. The van der Waals surface area contributed by atoms with E-state index < -0.39 is 5.41 Å². The van der Waals surface area contributed by atoms with Crippen molar-refractivity contribution in [3.63, 3.8) is 0 Å². The van der Waals surface area contributed by atoms with Crippen molar-refractivity contribution in [1.82, 2.24) is 5.32 Å². The van der Waals surface area contributed by atoms with Gasteiger partial charge in [-0.15, -0.1) is 0 Å². The molecule has 0 unspecified atom stereocenters. The maximum absolute atomic E-state index is 11.4. The molecule has 0 radical (unpaired) electrons.